The maximum absolute atomic E-state index is 13.1. The minimum atomic E-state index is -1.23. The van der Waals surface area contributed by atoms with Crippen molar-refractivity contribution in [2.45, 2.75) is 6.42 Å². The second kappa shape index (κ2) is 7.35. The van der Waals surface area contributed by atoms with Gasteiger partial charge in [-0.05, 0) is 12.1 Å². The Morgan fingerprint density at radius 1 is 1.17 bits per heavy atom. The van der Waals surface area contributed by atoms with Gasteiger partial charge in [-0.1, -0.05) is 6.07 Å². The van der Waals surface area contributed by atoms with Crippen molar-refractivity contribution in [1.29, 1.82) is 0 Å². The number of Topliss-reactive ketones (excluding diaryl/α,β-unsaturated/α-hetero) is 2. The second-order valence-electron chi connectivity index (χ2n) is 3.11. The Balaban J connectivity index is 0.00000289. The van der Waals surface area contributed by atoms with Crippen LogP contribution in [0.5, 0.6) is 0 Å². The van der Waals surface area contributed by atoms with Gasteiger partial charge in [-0.15, -0.1) is 0 Å². The van der Waals surface area contributed by atoms with Crippen LogP contribution in [0.25, 0.3) is 0 Å². The molecule has 0 saturated heterocycles. The maximum Gasteiger partial charge on any atom is 0.374 e. The van der Waals surface area contributed by atoms with Gasteiger partial charge in [-0.3, -0.25) is 9.59 Å². The predicted octanol–water partition coefficient (Wildman–Crippen LogP) is 0.899. The molecule has 0 aromatic heterocycles. The molecule has 0 heterocycles. The Morgan fingerprint density at radius 2 is 1.67 bits per heavy atom. The first-order chi connectivity index (χ1) is 7.97. The third-order valence-corrected chi connectivity index (χ3v) is 1.98. The van der Waals surface area contributed by atoms with E-state index in [0.29, 0.717) is 0 Å². The number of esters is 1. The van der Waals surface area contributed by atoms with Crippen LogP contribution in [0, 0.1) is 11.6 Å². The molecule has 0 N–H and O–H groups in total. The predicted molar refractivity (Wildman–Crippen MR) is 58.1 cm³/mol. The van der Waals surface area contributed by atoms with Gasteiger partial charge in [0, 0.05) is 29.6 Å². The molecule has 0 unspecified atom stereocenters. The molecule has 1 rings (SSSR count). The van der Waals surface area contributed by atoms with Gasteiger partial charge in [0.05, 0.1) is 19.1 Å². The molecule has 0 aliphatic rings. The van der Waals surface area contributed by atoms with Crippen LogP contribution < -0.4 is 0 Å². The molecule has 0 spiro atoms. The average Bonchev–Trinajstić information content (AvgIpc) is 2.27. The Bertz CT molecular complexity index is 468. The van der Waals surface area contributed by atoms with E-state index in [0.717, 1.165) is 25.3 Å². The van der Waals surface area contributed by atoms with Gasteiger partial charge in [-0.25, -0.2) is 13.6 Å². The molecule has 0 aliphatic carbocycles. The second-order valence-corrected chi connectivity index (χ2v) is 3.11. The van der Waals surface area contributed by atoms with Gasteiger partial charge < -0.3 is 4.74 Å². The zero-order valence-electron chi connectivity index (χ0n) is 9.83. The van der Waals surface area contributed by atoms with Gasteiger partial charge in [-0.2, -0.15) is 0 Å². The van der Waals surface area contributed by atoms with Crippen LogP contribution in [-0.4, -0.2) is 54.2 Å². The van der Waals surface area contributed by atoms with Gasteiger partial charge in [0.2, 0.25) is 5.78 Å². The first kappa shape index (κ1) is 16.9. The van der Waals surface area contributed by atoms with Crippen molar-refractivity contribution in [2.24, 2.45) is 0 Å². The molecule has 0 amide bonds. The summed E-state index contributed by atoms with van der Waals surface area (Å²) in [7, 11) is 0.967. The largest absolute Gasteiger partial charge is 0.463 e. The van der Waals surface area contributed by atoms with E-state index in [4.69, 9.17) is 0 Å². The quantitative estimate of drug-likeness (QED) is 0.267. The zero-order valence-corrected chi connectivity index (χ0v) is 11.8. The molecular formula is C11H8F2NaO4. The topological polar surface area (TPSA) is 60.4 Å². The summed E-state index contributed by atoms with van der Waals surface area (Å²) < 4.78 is 30.4. The Kier molecular flexibility index (Phi) is 6.90. The summed E-state index contributed by atoms with van der Waals surface area (Å²) in [5.41, 5.74) is -0.829. The first-order valence-electron chi connectivity index (χ1n) is 4.55. The van der Waals surface area contributed by atoms with Crippen molar-refractivity contribution in [3.8, 4) is 0 Å². The number of halogens is 2. The normalized spacial score (nSPS) is 9.28. The van der Waals surface area contributed by atoms with Crippen LogP contribution in [-0.2, 0) is 14.3 Å². The van der Waals surface area contributed by atoms with Crippen molar-refractivity contribution >= 4 is 47.1 Å². The van der Waals surface area contributed by atoms with Crippen LogP contribution in [0.1, 0.15) is 16.8 Å². The minimum Gasteiger partial charge on any atom is -0.463 e. The zero-order chi connectivity index (χ0) is 13.0. The van der Waals surface area contributed by atoms with Gasteiger partial charge in [0.25, 0.3) is 0 Å². The Labute approximate surface area is 124 Å². The molecule has 7 heteroatoms. The summed E-state index contributed by atoms with van der Waals surface area (Å²) in [5, 5.41) is 0. The van der Waals surface area contributed by atoms with Crippen LogP contribution in [0.3, 0.4) is 0 Å². The molecule has 18 heavy (non-hydrogen) atoms. The number of benzene rings is 1. The molecule has 91 valence electrons. The van der Waals surface area contributed by atoms with Crippen molar-refractivity contribution in [1.82, 2.24) is 0 Å². The summed E-state index contributed by atoms with van der Waals surface area (Å²) >= 11 is 0. The van der Waals surface area contributed by atoms with E-state index in [2.05, 4.69) is 4.74 Å². The molecule has 0 saturated carbocycles. The van der Waals surface area contributed by atoms with Crippen molar-refractivity contribution in [3.05, 3.63) is 35.4 Å². The first-order valence-corrected chi connectivity index (χ1v) is 4.55. The number of hydrogen-bond acceptors (Lipinski definition) is 4. The number of rotatable bonds is 4. The summed E-state index contributed by atoms with van der Waals surface area (Å²) in [5.74, 6) is -5.63. The number of ether oxygens (including phenoxy) is 1. The molecular weight excluding hydrogens is 257 g/mol. The molecule has 0 atom stereocenters. The third kappa shape index (κ3) is 3.97. The summed E-state index contributed by atoms with van der Waals surface area (Å²) in [6.45, 7) is 0. The number of methoxy groups -OCH3 is 1. The Morgan fingerprint density at radius 3 is 2.11 bits per heavy atom. The van der Waals surface area contributed by atoms with Crippen LogP contribution in [0.4, 0.5) is 8.78 Å². The Hall–Kier alpha value is -1.11. The minimum absolute atomic E-state index is 0. The van der Waals surface area contributed by atoms with Gasteiger partial charge in [0.15, 0.2) is 5.78 Å². The fourth-order valence-electron chi connectivity index (χ4n) is 1.18. The molecule has 1 radical (unpaired) electrons. The number of carbonyl (C=O) groups is 3. The molecule has 4 nitrogen and oxygen atoms in total. The number of hydrogen-bond donors (Lipinski definition) is 0. The monoisotopic (exact) mass is 265 g/mol. The van der Waals surface area contributed by atoms with Crippen molar-refractivity contribution < 1.29 is 27.9 Å². The molecule has 0 aliphatic heterocycles. The van der Waals surface area contributed by atoms with Gasteiger partial charge >= 0.3 is 5.97 Å². The fourth-order valence-corrected chi connectivity index (χ4v) is 1.18. The van der Waals surface area contributed by atoms with E-state index in [-0.39, 0.29) is 29.6 Å². The smallest absolute Gasteiger partial charge is 0.374 e. The van der Waals surface area contributed by atoms with E-state index in [9.17, 15) is 23.2 Å². The number of ketones is 2. The van der Waals surface area contributed by atoms with Crippen LogP contribution in [0.2, 0.25) is 0 Å². The SMILES string of the molecule is COC(=O)C(=O)CC(=O)c1c(F)cccc1F.[Na]. The van der Waals surface area contributed by atoms with Gasteiger partial charge in [0.1, 0.15) is 11.6 Å². The summed E-state index contributed by atoms with van der Waals surface area (Å²) in [6, 6.07) is 2.86. The van der Waals surface area contributed by atoms with E-state index in [1.54, 1.807) is 0 Å². The van der Waals surface area contributed by atoms with Crippen LogP contribution in [0.15, 0.2) is 18.2 Å². The van der Waals surface area contributed by atoms with E-state index >= 15 is 0 Å². The van der Waals surface area contributed by atoms with Crippen LogP contribution >= 0.6 is 0 Å². The van der Waals surface area contributed by atoms with E-state index in [1.807, 2.05) is 0 Å². The average molecular weight is 265 g/mol. The van der Waals surface area contributed by atoms with Crippen molar-refractivity contribution in [2.75, 3.05) is 7.11 Å². The third-order valence-electron chi connectivity index (χ3n) is 1.98. The number of carbonyl (C=O) groups excluding carboxylic acids is 3. The fraction of sp³-hybridized carbons (Fsp3) is 0.182. The molecule has 0 fully saturated rings. The molecule has 0 bridgehead atoms. The standard InChI is InChI=1S/C11H8F2O4.Na/c1-17-11(16)9(15)5-8(14)10-6(12)3-2-4-7(10)13;/h2-4H,5H2,1H3;. The molecule has 1 aromatic rings. The summed E-state index contributed by atoms with van der Waals surface area (Å²) in [4.78, 5) is 33.2. The van der Waals surface area contributed by atoms with E-state index < -0.39 is 41.2 Å². The van der Waals surface area contributed by atoms with E-state index in [1.165, 1.54) is 0 Å². The summed E-state index contributed by atoms with van der Waals surface area (Å²) in [6.07, 6.45) is -0.926. The maximum atomic E-state index is 13.1. The van der Waals surface area contributed by atoms with Crippen molar-refractivity contribution in [3.63, 3.8) is 0 Å². The molecule has 1 aromatic carbocycles.